The SMILES string of the molecule is O=C(Nc1cccc(CO)c1)c1ccnc(-c2ccccn2)c1. The van der Waals surface area contributed by atoms with Crippen molar-refractivity contribution in [3.05, 3.63) is 78.1 Å². The topological polar surface area (TPSA) is 75.1 Å². The van der Waals surface area contributed by atoms with E-state index in [1.807, 2.05) is 18.2 Å². The summed E-state index contributed by atoms with van der Waals surface area (Å²) in [5.41, 5.74) is 3.23. The van der Waals surface area contributed by atoms with Gasteiger partial charge in [-0.25, -0.2) is 0 Å². The monoisotopic (exact) mass is 305 g/mol. The van der Waals surface area contributed by atoms with Crippen molar-refractivity contribution >= 4 is 11.6 Å². The molecule has 1 amide bonds. The summed E-state index contributed by atoms with van der Waals surface area (Å²) in [6.07, 6.45) is 3.27. The highest BCUT2D eigenvalue weighted by molar-refractivity contribution is 6.04. The molecule has 3 aromatic rings. The number of hydrogen-bond acceptors (Lipinski definition) is 4. The van der Waals surface area contributed by atoms with E-state index in [1.165, 1.54) is 0 Å². The fourth-order valence-corrected chi connectivity index (χ4v) is 2.18. The predicted molar refractivity (Wildman–Crippen MR) is 87.8 cm³/mol. The number of hydrogen-bond donors (Lipinski definition) is 2. The average Bonchev–Trinajstić information content (AvgIpc) is 2.63. The van der Waals surface area contributed by atoms with Gasteiger partial charge in [0.05, 0.1) is 18.0 Å². The van der Waals surface area contributed by atoms with Crippen LogP contribution in [0, 0.1) is 0 Å². The van der Waals surface area contributed by atoms with Crippen LogP contribution in [-0.4, -0.2) is 21.0 Å². The standard InChI is InChI=1S/C18H15N3O2/c22-12-13-4-3-5-15(10-13)21-18(23)14-7-9-20-17(11-14)16-6-1-2-8-19-16/h1-11,22H,12H2,(H,21,23). The van der Waals surface area contributed by atoms with Crippen LogP contribution in [0.2, 0.25) is 0 Å². The number of nitrogens with one attached hydrogen (secondary N) is 1. The Kier molecular flexibility index (Phi) is 4.40. The molecule has 0 saturated heterocycles. The summed E-state index contributed by atoms with van der Waals surface area (Å²) < 4.78 is 0. The summed E-state index contributed by atoms with van der Waals surface area (Å²) in [5.74, 6) is -0.236. The lowest BCUT2D eigenvalue weighted by Crippen LogP contribution is -2.12. The zero-order chi connectivity index (χ0) is 16.1. The van der Waals surface area contributed by atoms with Crippen LogP contribution in [0.5, 0.6) is 0 Å². The fourth-order valence-electron chi connectivity index (χ4n) is 2.18. The number of aromatic nitrogens is 2. The molecule has 0 unspecified atom stereocenters. The Morgan fingerprint density at radius 1 is 0.957 bits per heavy atom. The molecule has 0 bridgehead atoms. The van der Waals surface area contributed by atoms with E-state index < -0.39 is 0 Å². The van der Waals surface area contributed by atoms with E-state index in [-0.39, 0.29) is 12.5 Å². The Balaban J connectivity index is 1.82. The number of anilines is 1. The predicted octanol–water partition coefficient (Wildman–Crippen LogP) is 2.89. The van der Waals surface area contributed by atoms with E-state index in [0.29, 0.717) is 22.6 Å². The second-order valence-corrected chi connectivity index (χ2v) is 4.96. The van der Waals surface area contributed by atoms with Gasteiger partial charge in [0, 0.05) is 23.6 Å². The third kappa shape index (κ3) is 3.59. The Morgan fingerprint density at radius 2 is 1.83 bits per heavy atom. The molecule has 1 aromatic carbocycles. The van der Waals surface area contributed by atoms with E-state index in [0.717, 1.165) is 5.56 Å². The van der Waals surface area contributed by atoms with E-state index in [9.17, 15) is 4.79 Å². The van der Waals surface area contributed by atoms with Crippen molar-refractivity contribution in [3.63, 3.8) is 0 Å². The zero-order valence-electron chi connectivity index (χ0n) is 12.3. The third-order valence-electron chi connectivity index (χ3n) is 3.32. The van der Waals surface area contributed by atoms with Gasteiger partial charge in [0.1, 0.15) is 0 Å². The molecule has 0 aliphatic rings. The third-order valence-corrected chi connectivity index (χ3v) is 3.32. The van der Waals surface area contributed by atoms with Crippen molar-refractivity contribution in [2.24, 2.45) is 0 Å². The lowest BCUT2D eigenvalue weighted by Gasteiger charge is -2.07. The van der Waals surface area contributed by atoms with Crippen molar-refractivity contribution in [2.45, 2.75) is 6.61 Å². The molecule has 23 heavy (non-hydrogen) atoms. The second kappa shape index (κ2) is 6.81. The smallest absolute Gasteiger partial charge is 0.255 e. The van der Waals surface area contributed by atoms with Crippen LogP contribution in [0.3, 0.4) is 0 Å². The van der Waals surface area contributed by atoms with Crippen molar-refractivity contribution in [2.75, 3.05) is 5.32 Å². The van der Waals surface area contributed by atoms with E-state index in [2.05, 4.69) is 15.3 Å². The number of rotatable bonds is 4. The van der Waals surface area contributed by atoms with Crippen molar-refractivity contribution in [1.29, 1.82) is 0 Å². The summed E-state index contributed by atoms with van der Waals surface area (Å²) in [7, 11) is 0. The van der Waals surface area contributed by atoms with Gasteiger partial charge in [-0.1, -0.05) is 18.2 Å². The van der Waals surface area contributed by atoms with Crippen LogP contribution >= 0.6 is 0 Å². The molecule has 2 heterocycles. The molecule has 0 radical (unpaired) electrons. The molecule has 0 aliphatic heterocycles. The number of aliphatic hydroxyl groups is 1. The first-order valence-corrected chi connectivity index (χ1v) is 7.15. The number of amides is 1. The maximum absolute atomic E-state index is 12.4. The molecule has 114 valence electrons. The number of aliphatic hydroxyl groups excluding tert-OH is 1. The minimum absolute atomic E-state index is 0.0667. The Bertz CT molecular complexity index is 819. The Labute approximate surface area is 133 Å². The maximum atomic E-state index is 12.4. The Hall–Kier alpha value is -3.05. The summed E-state index contributed by atoms with van der Waals surface area (Å²) in [6.45, 7) is -0.0667. The van der Waals surface area contributed by atoms with Gasteiger partial charge in [-0.05, 0) is 42.0 Å². The second-order valence-electron chi connectivity index (χ2n) is 4.96. The first kappa shape index (κ1) is 14.9. The molecule has 5 heteroatoms. The fraction of sp³-hybridized carbons (Fsp3) is 0.0556. The van der Waals surface area contributed by atoms with E-state index in [4.69, 9.17) is 5.11 Å². The van der Waals surface area contributed by atoms with Crippen molar-refractivity contribution in [1.82, 2.24) is 9.97 Å². The van der Waals surface area contributed by atoms with Crippen LogP contribution in [-0.2, 0) is 6.61 Å². The highest BCUT2D eigenvalue weighted by Gasteiger charge is 2.09. The molecule has 2 aromatic heterocycles. The number of carbonyl (C=O) groups excluding carboxylic acids is 1. The van der Waals surface area contributed by atoms with E-state index in [1.54, 1.807) is 48.8 Å². The highest BCUT2D eigenvalue weighted by Crippen LogP contribution is 2.16. The van der Waals surface area contributed by atoms with Gasteiger partial charge in [0.2, 0.25) is 0 Å². The quantitative estimate of drug-likeness (QED) is 0.777. The lowest BCUT2D eigenvalue weighted by atomic mass is 10.1. The molecule has 0 fully saturated rings. The van der Waals surface area contributed by atoms with Crippen molar-refractivity contribution < 1.29 is 9.90 Å². The normalized spacial score (nSPS) is 10.3. The van der Waals surface area contributed by atoms with Crippen LogP contribution in [0.4, 0.5) is 5.69 Å². The van der Waals surface area contributed by atoms with Gasteiger partial charge < -0.3 is 10.4 Å². The number of nitrogens with zero attached hydrogens (tertiary/aromatic N) is 2. The molecule has 0 saturated carbocycles. The van der Waals surface area contributed by atoms with Crippen LogP contribution < -0.4 is 5.32 Å². The molecular formula is C18H15N3O2. The molecule has 0 aliphatic carbocycles. The maximum Gasteiger partial charge on any atom is 0.255 e. The first-order chi connectivity index (χ1) is 11.3. The number of carbonyl (C=O) groups is 1. The van der Waals surface area contributed by atoms with Gasteiger partial charge in [0.15, 0.2) is 0 Å². The lowest BCUT2D eigenvalue weighted by molar-refractivity contribution is 0.102. The summed E-state index contributed by atoms with van der Waals surface area (Å²) in [6, 6.07) is 16.0. The van der Waals surface area contributed by atoms with Gasteiger partial charge in [-0.15, -0.1) is 0 Å². The number of benzene rings is 1. The van der Waals surface area contributed by atoms with Gasteiger partial charge in [0.25, 0.3) is 5.91 Å². The Morgan fingerprint density at radius 3 is 2.61 bits per heavy atom. The summed E-state index contributed by atoms with van der Waals surface area (Å²) >= 11 is 0. The van der Waals surface area contributed by atoms with Gasteiger partial charge >= 0.3 is 0 Å². The minimum atomic E-state index is -0.236. The van der Waals surface area contributed by atoms with Crippen LogP contribution in [0.15, 0.2) is 67.0 Å². The molecule has 0 atom stereocenters. The molecule has 0 spiro atoms. The minimum Gasteiger partial charge on any atom is -0.392 e. The zero-order valence-corrected chi connectivity index (χ0v) is 12.3. The highest BCUT2D eigenvalue weighted by atomic mass is 16.3. The first-order valence-electron chi connectivity index (χ1n) is 7.15. The molecule has 5 nitrogen and oxygen atoms in total. The number of pyridine rings is 2. The summed E-state index contributed by atoms with van der Waals surface area (Å²) in [4.78, 5) is 20.9. The van der Waals surface area contributed by atoms with Gasteiger partial charge in [-0.2, -0.15) is 0 Å². The van der Waals surface area contributed by atoms with E-state index >= 15 is 0 Å². The average molecular weight is 305 g/mol. The van der Waals surface area contributed by atoms with Crippen LogP contribution in [0.25, 0.3) is 11.4 Å². The molecular weight excluding hydrogens is 290 g/mol. The largest absolute Gasteiger partial charge is 0.392 e. The molecule has 2 N–H and O–H groups in total. The van der Waals surface area contributed by atoms with Crippen LogP contribution in [0.1, 0.15) is 15.9 Å². The molecule has 3 rings (SSSR count). The summed E-state index contributed by atoms with van der Waals surface area (Å²) in [5, 5.41) is 12.0. The van der Waals surface area contributed by atoms with Gasteiger partial charge in [-0.3, -0.25) is 14.8 Å². The van der Waals surface area contributed by atoms with Crippen molar-refractivity contribution in [3.8, 4) is 11.4 Å².